The Bertz CT molecular complexity index is 1070. The van der Waals surface area contributed by atoms with E-state index in [0.717, 1.165) is 16.5 Å². The minimum Gasteiger partial charge on any atom is -0.481 e. The van der Waals surface area contributed by atoms with Gasteiger partial charge in [-0.1, -0.05) is 18.2 Å². The molecule has 2 rings (SSSR count). The summed E-state index contributed by atoms with van der Waals surface area (Å²) >= 11 is 1.44. The third-order valence-corrected chi connectivity index (χ3v) is 5.77. The quantitative estimate of drug-likeness (QED) is 0.175. The van der Waals surface area contributed by atoms with E-state index in [4.69, 9.17) is 10.8 Å². The number of H-pyrrole nitrogens is 1. The van der Waals surface area contributed by atoms with Crippen LogP contribution in [0.2, 0.25) is 0 Å². The maximum Gasteiger partial charge on any atom is 0.326 e. The van der Waals surface area contributed by atoms with E-state index in [0.29, 0.717) is 5.75 Å². The second kappa shape index (κ2) is 13.3. The molecular formula is C22H29N5O7S. The Balaban J connectivity index is 2.01. The number of aliphatic carboxylic acids is 2. The van der Waals surface area contributed by atoms with E-state index in [2.05, 4.69) is 20.9 Å². The Hall–Kier alpha value is -3.58. The first kappa shape index (κ1) is 27.7. The fourth-order valence-electron chi connectivity index (χ4n) is 3.32. The molecule has 0 saturated heterocycles. The molecule has 0 aliphatic heterocycles. The number of thioether (sulfide) groups is 1. The van der Waals surface area contributed by atoms with Gasteiger partial charge in [0.05, 0.1) is 19.0 Å². The van der Waals surface area contributed by atoms with Crippen LogP contribution >= 0.6 is 11.8 Å². The number of nitrogens with two attached hydrogens (primary N) is 1. The highest BCUT2D eigenvalue weighted by Crippen LogP contribution is 2.19. The Morgan fingerprint density at radius 1 is 1.06 bits per heavy atom. The molecule has 3 atom stereocenters. The van der Waals surface area contributed by atoms with E-state index in [1.807, 2.05) is 30.5 Å². The monoisotopic (exact) mass is 507 g/mol. The van der Waals surface area contributed by atoms with Crippen molar-refractivity contribution in [3.05, 3.63) is 36.0 Å². The van der Waals surface area contributed by atoms with Crippen molar-refractivity contribution in [3.63, 3.8) is 0 Å². The van der Waals surface area contributed by atoms with E-state index in [1.165, 1.54) is 11.8 Å². The average Bonchev–Trinajstić information content (AvgIpc) is 3.21. The Labute approximate surface area is 205 Å². The number of benzene rings is 1. The molecule has 0 spiro atoms. The van der Waals surface area contributed by atoms with Gasteiger partial charge in [0.25, 0.3) is 0 Å². The number of fused-ring (bicyclic) bond motifs is 1. The number of carboxylic acids is 2. The van der Waals surface area contributed by atoms with Gasteiger partial charge in [0.2, 0.25) is 17.7 Å². The normalized spacial score (nSPS) is 13.4. The van der Waals surface area contributed by atoms with E-state index in [-0.39, 0.29) is 12.8 Å². The number of rotatable bonds is 14. The molecule has 1 heterocycles. The van der Waals surface area contributed by atoms with Crippen molar-refractivity contribution in [2.75, 3.05) is 18.6 Å². The molecule has 0 bridgehead atoms. The molecule has 2 aromatic rings. The van der Waals surface area contributed by atoms with Gasteiger partial charge in [-0.2, -0.15) is 11.8 Å². The van der Waals surface area contributed by atoms with Crippen molar-refractivity contribution in [3.8, 4) is 0 Å². The predicted octanol–water partition coefficient (Wildman–Crippen LogP) is -0.564. The highest BCUT2D eigenvalue weighted by atomic mass is 32.2. The van der Waals surface area contributed by atoms with Gasteiger partial charge in [-0.05, 0) is 30.1 Å². The molecule has 1 aromatic heterocycles. The number of para-hydroxylation sites is 1. The van der Waals surface area contributed by atoms with Crippen LogP contribution in [0.25, 0.3) is 10.9 Å². The molecule has 3 unspecified atom stereocenters. The molecule has 13 heteroatoms. The summed E-state index contributed by atoms with van der Waals surface area (Å²) in [6.07, 6.45) is 3.17. The maximum absolute atomic E-state index is 12.9. The fraction of sp³-hybridized carbons (Fsp3) is 0.409. The Kier molecular flexibility index (Phi) is 10.5. The van der Waals surface area contributed by atoms with Gasteiger partial charge in [0, 0.05) is 23.5 Å². The zero-order valence-corrected chi connectivity index (χ0v) is 19.9. The maximum atomic E-state index is 12.9. The number of hydrogen-bond acceptors (Lipinski definition) is 7. The first-order valence-electron chi connectivity index (χ1n) is 10.7. The summed E-state index contributed by atoms with van der Waals surface area (Å²) in [5, 5.41) is 26.4. The summed E-state index contributed by atoms with van der Waals surface area (Å²) in [7, 11) is 0. The standard InChI is InChI=1S/C22H29N5O7S/c1-35-7-6-16(26-18(28)11-25-20(31)14(23)9-19(29)30)21(32)27-17(22(33)34)8-12-10-24-15-5-3-2-4-13(12)15/h2-5,10,14,16-17,24H,6-9,11,23H2,1H3,(H,25,31)(H,26,28)(H,27,32)(H,29,30)(H,33,34). The Morgan fingerprint density at radius 3 is 2.43 bits per heavy atom. The summed E-state index contributed by atoms with van der Waals surface area (Å²) in [4.78, 5) is 62.6. The number of aromatic amines is 1. The lowest BCUT2D eigenvalue weighted by Gasteiger charge is -2.21. The molecule has 190 valence electrons. The highest BCUT2D eigenvalue weighted by Gasteiger charge is 2.27. The molecule has 0 aliphatic rings. The fourth-order valence-corrected chi connectivity index (χ4v) is 3.79. The van der Waals surface area contributed by atoms with Gasteiger partial charge in [-0.15, -0.1) is 0 Å². The first-order valence-corrected chi connectivity index (χ1v) is 12.1. The van der Waals surface area contributed by atoms with E-state index >= 15 is 0 Å². The minimum absolute atomic E-state index is 0.0335. The van der Waals surface area contributed by atoms with Crippen molar-refractivity contribution in [2.45, 2.75) is 37.4 Å². The van der Waals surface area contributed by atoms with Crippen LogP contribution in [0.15, 0.2) is 30.5 Å². The first-order chi connectivity index (χ1) is 16.6. The van der Waals surface area contributed by atoms with Crippen LogP contribution in [-0.4, -0.2) is 81.5 Å². The number of carbonyl (C=O) groups excluding carboxylic acids is 3. The van der Waals surface area contributed by atoms with Crippen molar-refractivity contribution >= 4 is 52.3 Å². The molecule has 35 heavy (non-hydrogen) atoms. The minimum atomic E-state index is -1.32. The molecule has 0 fully saturated rings. The van der Waals surface area contributed by atoms with Gasteiger partial charge in [-0.3, -0.25) is 19.2 Å². The number of carbonyl (C=O) groups is 5. The average molecular weight is 508 g/mol. The summed E-state index contributed by atoms with van der Waals surface area (Å²) < 4.78 is 0. The molecule has 1 aromatic carbocycles. The van der Waals surface area contributed by atoms with E-state index in [9.17, 15) is 29.1 Å². The van der Waals surface area contributed by atoms with Gasteiger partial charge < -0.3 is 36.9 Å². The number of nitrogens with one attached hydrogen (secondary N) is 4. The largest absolute Gasteiger partial charge is 0.481 e. The van der Waals surface area contributed by atoms with Crippen LogP contribution in [0, 0.1) is 0 Å². The summed E-state index contributed by atoms with van der Waals surface area (Å²) in [6, 6.07) is 3.79. The topological polar surface area (TPSA) is 204 Å². The van der Waals surface area contributed by atoms with E-state index < -0.39 is 60.8 Å². The van der Waals surface area contributed by atoms with Gasteiger partial charge >= 0.3 is 11.9 Å². The van der Waals surface area contributed by atoms with Crippen molar-refractivity contribution in [1.82, 2.24) is 20.9 Å². The van der Waals surface area contributed by atoms with Crippen LogP contribution in [0.5, 0.6) is 0 Å². The number of amides is 3. The summed E-state index contributed by atoms with van der Waals surface area (Å²) in [5.74, 6) is -4.17. The summed E-state index contributed by atoms with van der Waals surface area (Å²) in [6.45, 7) is -0.521. The number of aromatic nitrogens is 1. The smallest absolute Gasteiger partial charge is 0.326 e. The van der Waals surface area contributed by atoms with Crippen molar-refractivity contribution in [1.29, 1.82) is 0 Å². The molecule has 0 saturated carbocycles. The number of carboxylic acid groups (broad SMARTS) is 2. The van der Waals surface area contributed by atoms with E-state index in [1.54, 1.807) is 6.20 Å². The second-order valence-corrected chi connectivity index (χ2v) is 8.77. The zero-order chi connectivity index (χ0) is 26.0. The Morgan fingerprint density at radius 2 is 1.77 bits per heavy atom. The summed E-state index contributed by atoms with van der Waals surface area (Å²) in [5.41, 5.74) is 7.01. The lowest BCUT2D eigenvalue weighted by atomic mass is 10.0. The van der Waals surface area contributed by atoms with Crippen LogP contribution in [0.1, 0.15) is 18.4 Å². The lowest BCUT2D eigenvalue weighted by molar-refractivity contribution is -0.142. The molecule has 12 nitrogen and oxygen atoms in total. The molecule has 0 radical (unpaired) electrons. The van der Waals surface area contributed by atoms with Crippen molar-refractivity contribution in [2.24, 2.45) is 5.73 Å². The number of hydrogen-bond donors (Lipinski definition) is 7. The molecule has 3 amide bonds. The van der Waals surface area contributed by atoms with Gasteiger partial charge in [-0.25, -0.2) is 4.79 Å². The third kappa shape index (κ3) is 8.61. The molecule has 8 N–H and O–H groups in total. The van der Waals surface area contributed by atoms with Crippen LogP contribution in [0.4, 0.5) is 0 Å². The highest BCUT2D eigenvalue weighted by molar-refractivity contribution is 7.98. The lowest BCUT2D eigenvalue weighted by Crippen LogP contribution is -2.54. The van der Waals surface area contributed by atoms with Crippen LogP contribution in [-0.2, 0) is 30.4 Å². The molecule has 0 aliphatic carbocycles. The van der Waals surface area contributed by atoms with Crippen LogP contribution in [0.3, 0.4) is 0 Å². The van der Waals surface area contributed by atoms with Gasteiger partial charge in [0.15, 0.2) is 0 Å². The molecular weight excluding hydrogens is 478 g/mol. The van der Waals surface area contributed by atoms with Crippen LogP contribution < -0.4 is 21.7 Å². The second-order valence-electron chi connectivity index (χ2n) is 7.79. The van der Waals surface area contributed by atoms with Gasteiger partial charge in [0.1, 0.15) is 12.1 Å². The SMILES string of the molecule is CSCCC(NC(=O)CNC(=O)C(N)CC(=O)O)C(=O)NC(Cc1c[nH]c2ccccc12)C(=O)O. The van der Waals surface area contributed by atoms with Crippen molar-refractivity contribution < 1.29 is 34.2 Å². The predicted molar refractivity (Wildman–Crippen MR) is 130 cm³/mol. The third-order valence-electron chi connectivity index (χ3n) is 5.13. The zero-order valence-electron chi connectivity index (χ0n) is 19.1.